The number of carbonyl (C=O) groups is 1. The van der Waals surface area contributed by atoms with E-state index in [0.29, 0.717) is 12.3 Å². The normalized spacial score (nSPS) is 28.3. The van der Waals surface area contributed by atoms with Gasteiger partial charge in [0.1, 0.15) is 6.10 Å². The molecule has 1 aliphatic rings. The van der Waals surface area contributed by atoms with Gasteiger partial charge in [-0.15, -0.1) is 0 Å². The minimum absolute atomic E-state index is 0.0676. The zero-order chi connectivity index (χ0) is 16.6. The number of hydrogen-bond acceptors (Lipinski definition) is 2. The number of halogens is 7. The summed E-state index contributed by atoms with van der Waals surface area (Å²) in [6, 6.07) is 0. The second-order valence-corrected chi connectivity index (χ2v) is 6.64. The van der Waals surface area contributed by atoms with Crippen LogP contribution in [0.3, 0.4) is 0 Å². The van der Waals surface area contributed by atoms with Crippen LogP contribution in [0.4, 0.5) is 26.3 Å². The van der Waals surface area contributed by atoms with Crippen LogP contribution in [-0.2, 0) is 9.53 Å². The van der Waals surface area contributed by atoms with Crippen molar-refractivity contribution >= 4 is 21.9 Å². The number of hydrogen-bond donors (Lipinski definition) is 0. The summed E-state index contributed by atoms with van der Waals surface area (Å²) in [4.78, 5) is 11.5. The molecule has 0 aliphatic heterocycles. The van der Waals surface area contributed by atoms with E-state index in [0.717, 1.165) is 0 Å². The van der Waals surface area contributed by atoms with Crippen molar-refractivity contribution in [2.24, 2.45) is 11.8 Å². The minimum Gasteiger partial charge on any atom is -0.461 e. The first-order chi connectivity index (χ1) is 9.30. The molecular weight excluding hydrogens is 370 g/mol. The van der Waals surface area contributed by atoms with E-state index in [-0.39, 0.29) is 18.8 Å². The smallest absolute Gasteiger partial charge is 0.423 e. The highest BCUT2D eigenvalue weighted by atomic mass is 79.9. The maximum Gasteiger partial charge on any atom is 0.423 e. The fourth-order valence-electron chi connectivity index (χ4n) is 2.23. The lowest BCUT2D eigenvalue weighted by Crippen LogP contribution is -2.58. The van der Waals surface area contributed by atoms with E-state index in [4.69, 9.17) is 0 Å². The molecule has 2 nitrogen and oxygen atoms in total. The Labute approximate surface area is 126 Å². The van der Waals surface area contributed by atoms with Gasteiger partial charge >= 0.3 is 22.6 Å². The topological polar surface area (TPSA) is 26.3 Å². The molecule has 0 N–H and O–H groups in total. The van der Waals surface area contributed by atoms with Crippen molar-refractivity contribution in [1.82, 2.24) is 0 Å². The second-order valence-electron chi connectivity index (χ2n) is 5.45. The Morgan fingerprint density at radius 3 is 1.86 bits per heavy atom. The summed E-state index contributed by atoms with van der Waals surface area (Å²) in [6.07, 6.45) is -11.5. The van der Waals surface area contributed by atoms with Crippen LogP contribution in [0.15, 0.2) is 0 Å². The maximum absolute atomic E-state index is 12.7. The van der Waals surface area contributed by atoms with Crippen LogP contribution >= 0.6 is 15.9 Å². The lowest BCUT2D eigenvalue weighted by atomic mass is 9.80. The molecule has 21 heavy (non-hydrogen) atoms. The van der Waals surface area contributed by atoms with Crippen molar-refractivity contribution < 1.29 is 35.9 Å². The summed E-state index contributed by atoms with van der Waals surface area (Å²) in [5, 5.41) is 0. The molecule has 124 valence electrons. The Morgan fingerprint density at radius 1 is 1.00 bits per heavy atom. The molecule has 9 heteroatoms. The maximum atomic E-state index is 12.7. The molecular formula is C12H15BrF6O2. The van der Waals surface area contributed by atoms with Gasteiger partial charge in [0.25, 0.3) is 0 Å². The molecule has 3 unspecified atom stereocenters. The van der Waals surface area contributed by atoms with Crippen LogP contribution in [0.1, 0.15) is 33.1 Å². The van der Waals surface area contributed by atoms with Crippen LogP contribution in [0.5, 0.6) is 0 Å². The van der Waals surface area contributed by atoms with Gasteiger partial charge in [0, 0.05) is 0 Å². The molecule has 0 saturated heterocycles. The predicted octanol–water partition coefficient (Wildman–Crippen LogP) is 4.61. The Kier molecular flexibility index (Phi) is 5.28. The molecule has 0 bridgehead atoms. The molecule has 0 aromatic heterocycles. The Balaban J connectivity index is 2.89. The van der Waals surface area contributed by atoms with Crippen molar-refractivity contribution in [2.45, 2.75) is 55.9 Å². The molecule has 0 radical (unpaired) electrons. The molecule has 0 heterocycles. The lowest BCUT2D eigenvalue weighted by Gasteiger charge is -2.35. The standard InChI is InChI=1S/C12H15BrF6O2/c1-6-3-4-8(5-7(6)2)21-9(20)10(13,11(14,15)16)12(17,18)19/h6-8H,3-5H2,1-2H3. The van der Waals surface area contributed by atoms with Crippen molar-refractivity contribution in [3.05, 3.63) is 0 Å². The minimum atomic E-state index is -5.84. The molecule has 0 spiro atoms. The van der Waals surface area contributed by atoms with Crippen molar-refractivity contribution in [2.75, 3.05) is 0 Å². The molecule has 0 amide bonds. The molecule has 3 atom stereocenters. The highest BCUT2D eigenvalue weighted by Crippen LogP contribution is 2.50. The number of ether oxygens (including phenoxy) is 1. The molecule has 1 rings (SSSR count). The van der Waals surface area contributed by atoms with Gasteiger partial charge in [-0.1, -0.05) is 29.8 Å². The van der Waals surface area contributed by atoms with Crippen LogP contribution < -0.4 is 0 Å². The summed E-state index contributed by atoms with van der Waals surface area (Å²) in [5.41, 5.74) is 0. The van der Waals surface area contributed by atoms with Crippen LogP contribution in [0.25, 0.3) is 0 Å². The second kappa shape index (κ2) is 5.96. The van der Waals surface area contributed by atoms with E-state index in [1.165, 1.54) is 15.9 Å². The molecule has 1 aliphatic carbocycles. The van der Waals surface area contributed by atoms with E-state index >= 15 is 0 Å². The number of alkyl halides is 7. The largest absolute Gasteiger partial charge is 0.461 e. The zero-order valence-corrected chi connectivity index (χ0v) is 12.9. The van der Waals surface area contributed by atoms with Crippen LogP contribution in [-0.4, -0.2) is 28.8 Å². The average molecular weight is 385 g/mol. The van der Waals surface area contributed by atoms with Crippen LogP contribution in [0.2, 0.25) is 0 Å². The zero-order valence-electron chi connectivity index (χ0n) is 11.3. The molecule has 0 aromatic rings. The molecule has 1 saturated carbocycles. The summed E-state index contributed by atoms with van der Waals surface area (Å²) in [7, 11) is 0. The van der Waals surface area contributed by atoms with Gasteiger partial charge in [-0.25, -0.2) is 4.79 Å². The number of esters is 1. The fourth-order valence-corrected chi connectivity index (χ4v) is 2.32. The van der Waals surface area contributed by atoms with E-state index in [2.05, 4.69) is 4.74 Å². The van der Waals surface area contributed by atoms with Gasteiger partial charge in [-0.3, -0.25) is 0 Å². The third kappa shape index (κ3) is 3.65. The van der Waals surface area contributed by atoms with Crippen molar-refractivity contribution in [1.29, 1.82) is 0 Å². The number of carbonyl (C=O) groups excluding carboxylic acids is 1. The molecule has 1 fully saturated rings. The van der Waals surface area contributed by atoms with Gasteiger partial charge in [0.2, 0.25) is 0 Å². The Hall–Kier alpha value is -0.470. The predicted molar refractivity (Wildman–Crippen MR) is 65.8 cm³/mol. The first kappa shape index (κ1) is 18.6. The highest BCUT2D eigenvalue weighted by molar-refractivity contribution is 9.10. The average Bonchev–Trinajstić information content (AvgIpc) is 2.29. The SMILES string of the molecule is CC1CCC(OC(=O)C(Br)(C(F)(F)F)C(F)(F)F)CC1C. The van der Waals surface area contributed by atoms with Crippen molar-refractivity contribution in [3.8, 4) is 0 Å². The number of rotatable bonds is 2. The quantitative estimate of drug-likeness (QED) is 0.394. The molecule has 0 aromatic carbocycles. The highest BCUT2D eigenvalue weighted by Gasteiger charge is 2.76. The summed E-state index contributed by atoms with van der Waals surface area (Å²) in [5.74, 6) is -1.99. The summed E-state index contributed by atoms with van der Waals surface area (Å²) in [6.45, 7) is 3.75. The van der Waals surface area contributed by atoms with Gasteiger partial charge in [-0.05, 0) is 31.1 Å². The lowest BCUT2D eigenvalue weighted by molar-refractivity contribution is -0.264. The van der Waals surface area contributed by atoms with E-state index in [1.54, 1.807) is 0 Å². The van der Waals surface area contributed by atoms with Gasteiger partial charge in [0.05, 0.1) is 0 Å². The third-order valence-corrected chi connectivity index (χ3v) is 5.11. The van der Waals surface area contributed by atoms with Gasteiger partial charge in [0.15, 0.2) is 0 Å². The fraction of sp³-hybridized carbons (Fsp3) is 0.917. The van der Waals surface area contributed by atoms with E-state index < -0.39 is 28.8 Å². The van der Waals surface area contributed by atoms with Gasteiger partial charge < -0.3 is 4.74 Å². The van der Waals surface area contributed by atoms with Crippen LogP contribution in [0, 0.1) is 11.8 Å². The Bertz CT molecular complexity index is 378. The summed E-state index contributed by atoms with van der Waals surface area (Å²) >= 11 is 1.52. The first-order valence-electron chi connectivity index (χ1n) is 6.34. The van der Waals surface area contributed by atoms with E-state index in [9.17, 15) is 31.1 Å². The third-order valence-electron chi connectivity index (χ3n) is 3.89. The summed E-state index contributed by atoms with van der Waals surface area (Å²) < 4.78 is 75.9. The monoisotopic (exact) mass is 384 g/mol. The van der Waals surface area contributed by atoms with Gasteiger partial charge in [-0.2, -0.15) is 26.3 Å². The Morgan fingerprint density at radius 2 is 1.48 bits per heavy atom. The van der Waals surface area contributed by atoms with E-state index in [1.807, 2.05) is 13.8 Å². The van der Waals surface area contributed by atoms with Crippen molar-refractivity contribution in [3.63, 3.8) is 0 Å². The first-order valence-corrected chi connectivity index (χ1v) is 7.13.